The van der Waals surface area contributed by atoms with E-state index in [0.29, 0.717) is 31.1 Å². The Hall–Kier alpha value is -1.74. The van der Waals surface area contributed by atoms with Crippen LogP contribution in [0.5, 0.6) is 0 Å². The Labute approximate surface area is 158 Å². The smallest absolute Gasteiger partial charge is 0.253 e. The van der Waals surface area contributed by atoms with E-state index in [9.17, 15) is 13.2 Å². The van der Waals surface area contributed by atoms with Gasteiger partial charge >= 0.3 is 0 Å². The molecule has 3 rings (SSSR count). The summed E-state index contributed by atoms with van der Waals surface area (Å²) in [4.78, 5) is 15.5. The van der Waals surface area contributed by atoms with Gasteiger partial charge in [-0.15, -0.1) is 11.3 Å². The number of hydrogen-bond donors (Lipinski definition) is 2. The minimum absolute atomic E-state index is 0.108. The van der Waals surface area contributed by atoms with Crippen LogP contribution in [-0.4, -0.2) is 38.9 Å². The summed E-state index contributed by atoms with van der Waals surface area (Å²) in [5.74, 6) is 0.336. The van der Waals surface area contributed by atoms with Gasteiger partial charge in [-0.2, -0.15) is 0 Å². The molecule has 140 valence electrons. The number of carbonyl (C=O) groups is 1. The number of nitrogens with one attached hydrogen (secondary N) is 1. The maximum absolute atomic E-state index is 12.7. The molecular weight excluding hydrogens is 370 g/mol. The SMILES string of the molecule is NCC1CCN(C(=O)c2cccc(S(=O)(=O)NCc3cccs3)c2)CC1. The maximum atomic E-state index is 12.7. The standard InChI is InChI=1S/C18H23N3O3S2/c19-12-14-6-8-21(9-7-14)18(22)15-3-1-5-17(11-15)26(23,24)20-13-16-4-2-10-25-16/h1-5,10-11,14,20H,6-9,12-13,19H2. The van der Waals surface area contributed by atoms with Crippen molar-refractivity contribution in [2.45, 2.75) is 24.3 Å². The minimum Gasteiger partial charge on any atom is -0.339 e. The Morgan fingerprint density at radius 3 is 2.65 bits per heavy atom. The predicted molar refractivity (Wildman–Crippen MR) is 102 cm³/mol. The maximum Gasteiger partial charge on any atom is 0.253 e. The highest BCUT2D eigenvalue weighted by molar-refractivity contribution is 7.89. The fourth-order valence-electron chi connectivity index (χ4n) is 3.01. The fourth-order valence-corrected chi connectivity index (χ4v) is 4.80. The number of rotatable bonds is 6. The Morgan fingerprint density at radius 1 is 1.23 bits per heavy atom. The number of benzene rings is 1. The van der Waals surface area contributed by atoms with Gasteiger partial charge in [0.05, 0.1) is 4.90 Å². The van der Waals surface area contributed by atoms with E-state index in [1.165, 1.54) is 23.5 Å². The first-order chi connectivity index (χ1) is 12.5. The van der Waals surface area contributed by atoms with E-state index >= 15 is 0 Å². The number of carbonyl (C=O) groups excluding carboxylic acids is 1. The summed E-state index contributed by atoms with van der Waals surface area (Å²) >= 11 is 1.49. The predicted octanol–water partition coefficient (Wildman–Crippen LogP) is 2.04. The van der Waals surface area contributed by atoms with Crippen molar-refractivity contribution in [1.82, 2.24) is 9.62 Å². The quantitative estimate of drug-likeness (QED) is 0.785. The van der Waals surface area contributed by atoms with E-state index in [-0.39, 0.29) is 17.3 Å². The zero-order chi connectivity index (χ0) is 18.6. The molecule has 0 spiro atoms. The van der Waals surface area contributed by atoms with Gasteiger partial charge in [-0.3, -0.25) is 4.79 Å². The van der Waals surface area contributed by atoms with E-state index in [4.69, 9.17) is 5.73 Å². The van der Waals surface area contributed by atoms with Crippen molar-refractivity contribution in [3.63, 3.8) is 0 Å². The number of sulfonamides is 1. The van der Waals surface area contributed by atoms with Crippen LogP contribution in [0.25, 0.3) is 0 Å². The summed E-state index contributed by atoms with van der Waals surface area (Å²) in [6.07, 6.45) is 1.78. The van der Waals surface area contributed by atoms with E-state index in [1.54, 1.807) is 17.0 Å². The molecular formula is C18H23N3O3S2. The average molecular weight is 394 g/mol. The van der Waals surface area contributed by atoms with Gasteiger partial charge in [0.25, 0.3) is 5.91 Å². The van der Waals surface area contributed by atoms with E-state index in [0.717, 1.165) is 17.7 Å². The van der Waals surface area contributed by atoms with Crippen LogP contribution in [0, 0.1) is 5.92 Å². The second kappa shape index (κ2) is 8.30. The van der Waals surface area contributed by atoms with Gasteiger partial charge in [0, 0.05) is 30.1 Å². The van der Waals surface area contributed by atoms with Crippen LogP contribution in [0.4, 0.5) is 0 Å². The summed E-state index contributed by atoms with van der Waals surface area (Å²) < 4.78 is 27.6. The lowest BCUT2D eigenvalue weighted by atomic mass is 9.96. The first kappa shape index (κ1) is 19.0. The van der Waals surface area contributed by atoms with E-state index in [2.05, 4.69) is 4.72 Å². The molecule has 3 N–H and O–H groups in total. The summed E-state index contributed by atoms with van der Waals surface area (Å²) in [6.45, 7) is 2.21. The van der Waals surface area contributed by atoms with Crippen molar-refractivity contribution < 1.29 is 13.2 Å². The monoisotopic (exact) mass is 393 g/mol. The molecule has 1 amide bonds. The molecule has 8 heteroatoms. The van der Waals surface area contributed by atoms with Crippen molar-refractivity contribution in [3.8, 4) is 0 Å². The molecule has 1 aromatic heterocycles. The molecule has 1 aromatic carbocycles. The molecule has 2 heterocycles. The highest BCUT2D eigenvalue weighted by atomic mass is 32.2. The van der Waals surface area contributed by atoms with Gasteiger partial charge in [-0.1, -0.05) is 12.1 Å². The largest absolute Gasteiger partial charge is 0.339 e. The van der Waals surface area contributed by atoms with Crippen LogP contribution in [0.1, 0.15) is 28.1 Å². The molecule has 1 saturated heterocycles. The van der Waals surface area contributed by atoms with Gasteiger partial charge in [-0.05, 0) is 54.9 Å². The van der Waals surface area contributed by atoms with Crippen LogP contribution >= 0.6 is 11.3 Å². The number of amides is 1. The zero-order valence-corrected chi connectivity index (χ0v) is 16.1. The number of piperidine rings is 1. The van der Waals surface area contributed by atoms with Crippen molar-refractivity contribution in [3.05, 3.63) is 52.2 Å². The molecule has 0 atom stereocenters. The second-order valence-corrected chi connectivity index (χ2v) is 9.20. The third-order valence-electron chi connectivity index (χ3n) is 4.64. The highest BCUT2D eigenvalue weighted by Gasteiger charge is 2.24. The minimum atomic E-state index is -3.67. The fraction of sp³-hybridized carbons (Fsp3) is 0.389. The number of nitrogens with two attached hydrogens (primary N) is 1. The average Bonchev–Trinajstić information content (AvgIpc) is 3.20. The Kier molecular flexibility index (Phi) is 6.08. The Bertz CT molecular complexity index is 842. The molecule has 0 saturated carbocycles. The third kappa shape index (κ3) is 4.50. The van der Waals surface area contributed by atoms with Gasteiger partial charge in [0.15, 0.2) is 0 Å². The van der Waals surface area contributed by atoms with Crippen molar-refractivity contribution >= 4 is 27.3 Å². The molecule has 0 aliphatic carbocycles. The summed E-state index contributed by atoms with van der Waals surface area (Å²) in [7, 11) is -3.67. The number of likely N-dealkylation sites (tertiary alicyclic amines) is 1. The number of nitrogens with zero attached hydrogens (tertiary/aromatic N) is 1. The molecule has 6 nitrogen and oxygen atoms in total. The summed E-state index contributed by atoms with van der Waals surface area (Å²) in [5, 5.41) is 1.90. The van der Waals surface area contributed by atoms with Crippen molar-refractivity contribution in [2.75, 3.05) is 19.6 Å². The van der Waals surface area contributed by atoms with Gasteiger partial charge < -0.3 is 10.6 Å². The molecule has 1 aliphatic heterocycles. The molecule has 0 bridgehead atoms. The van der Waals surface area contributed by atoms with Crippen LogP contribution in [0.3, 0.4) is 0 Å². The van der Waals surface area contributed by atoms with Crippen LogP contribution in [-0.2, 0) is 16.6 Å². The topological polar surface area (TPSA) is 92.5 Å². The third-order valence-corrected chi connectivity index (χ3v) is 6.92. The lowest BCUT2D eigenvalue weighted by Crippen LogP contribution is -2.40. The molecule has 1 aliphatic rings. The summed E-state index contributed by atoms with van der Waals surface area (Å²) in [6, 6.07) is 9.98. The van der Waals surface area contributed by atoms with Crippen molar-refractivity contribution in [1.29, 1.82) is 0 Å². The lowest BCUT2D eigenvalue weighted by Gasteiger charge is -2.31. The first-order valence-corrected chi connectivity index (χ1v) is 11.0. The molecule has 0 radical (unpaired) electrons. The molecule has 1 fully saturated rings. The number of thiophene rings is 1. The van der Waals surface area contributed by atoms with E-state index in [1.807, 2.05) is 17.5 Å². The molecule has 2 aromatic rings. The van der Waals surface area contributed by atoms with E-state index < -0.39 is 10.0 Å². The molecule has 0 unspecified atom stereocenters. The summed E-state index contributed by atoms with van der Waals surface area (Å²) in [5.41, 5.74) is 6.09. The van der Waals surface area contributed by atoms with Crippen LogP contribution in [0.15, 0.2) is 46.7 Å². The number of hydrogen-bond acceptors (Lipinski definition) is 5. The lowest BCUT2D eigenvalue weighted by molar-refractivity contribution is 0.0693. The highest BCUT2D eigenvalue weighted by Crippen LogP contribution is 2.20. The van der Waals surface area contributed by atoms with Gasteiger partial charge in [0.2, 0.25) is 10.0 Å². The first-order valence-electron chi connectivity index (χ1n) is 8.61. The zero-order valence-electron chi connectivity index (χ0n) is 14.4. The Morgan fingerprint density at radius 2 is 2.00 bits per heavy atom. The second-order valence-electron chi connectivity index (χ2n) is 6.40. The van der Waals surface area contributed by atoms with Gasteiger partial charge in [-0.25, -0.2) is 13.1 Å². The van der Waals surface area contributed by atoms with Crippen LogP contribution < -0.4 is 10.5 Å². The normalized spacial score (nSPS) is 16.0. The van der Waals surface area contributed by atoms with Crippen LogP contribution in [0.2, 0.25) is 0 Å². The van der Waals surface area contributed by atoms with Crippen molar-refractivity contribution in [2.24, 2.45) is 11.7 Å². The van der Waals surface area contributed by atoms with Gasteiger partial charge in [0.1, 0.15) is 0 Å². The Balaban J connectivity index is 1.70. The molecule has 26 heavy (non-hydrogen) atoms.